The summed E-state index contributed by atoms with van der Waals surface area (Å²) in [4.78, 5) is 30.4. The number of phenolic OH excluding ortho intramolecular Hbond substituents is 1. The summed E-state index contributed by atoms with van der Waals surface area (Å²) in [5.74, 6) is -0.422. The van der Waals surface area contributed by atoms with Crippen LogP contribution in [0.1, 0.15) is 26.3 Å². The van der Waals surface area contributed by atoms with Crippen molar-refractivity contribution in [3.05, 3.63) is 109 Å². The predicted molar refractivity (Wildman–Crippen MR) is 168 cm³/mol. The zero-order chi connectivity index (χ0) is 31.5. The molecule has 2 heterocycles. The number of carbonyl (C=O) groups is 2. The Kier molecular flexibility index (Phi) is 8.41. The summed E-state index contributed by atoms with van der Waals surface area (Å²) in [6.45, 7) is 5.18. The zero-order valence-corrected chi connectivity index (χ0v) is 25.2. The van der Waals surface area contributed by atoms with Crippen molar-refractivity contribution in [2.24, 2.45) is 0 Å². The highest BCUT2D eigenvalue weighted by Crippen LogP contribution is 2.31. The molecule has 0 bridgehead atoms. The van der Waals surface area contributed by atoms with Gasteiger partial charge in [0.05, 0.1) is 4.90 Å². The van der Waals surface area contributed by atoms with E-state index in [1.807, 2.05) is 0 Å². The van der Waals surface area contributed by atoms with Crippen molar-refractivity contribution < 1.29 is 27.9 Å². The Labute approximate surface area is 255 Å². The topological polar surface area (TPSA) is 140 Å². The molecule has 3 N–H and O–H groups in total. The van der Waals surface area contributed by atoms with Crippen LogP contribution in [0.5, 0.6) is 5.75 Å². The van der Waals surface area contributed by atoms with Crippen LogP contribution in [0.25, 0.3) is 22.2 Å². The number of amides is 2. The van der Waals surface area contributed by atoms with E-state index in [1.54, 1.807) is 93.7 Å². The van der Waals surface area contributed by atoms with Crippen molar-refractivity contribution in [1.29, 1.82) is 0 Å². The van der Waals surface area contributed by atoms with E-state index in [2.05, 4.69) is 15.6 Å². The molecular formula is C33H32N4O6S. The first-order valence-corrected chi connectivity index (χ1v) is 15.3. The van der Waals surface area contributed by atoms with Crippen molar-refractivity contribution in [1.82, 2.24) is 14.3 Å². The number of benzene rings is 3. The summed E-state index contributed by atoms with van der Waals surface area (Å²) in [5, 5.41) is 16.0. The van der Waals surface area contributed by atoms with Crippen LogP contribution >= 0.6 is 0 Å². The largest absolute Gasteiger partial charge is 0.508 e. The Morgan fingerprint density at radius 3 is 2.36 bits per heavy atom. The minimum absolute atomic E-state index is 0.0488. The van der Waals surface area contributed by atoms with E-state index < -0.39 is 33.7 Å². The lowest BCUT2D eigenvalue weighted by atomic mass is 10.0. The monoisotopic (exact) mass is 612 g/mol. The number of hydrogen-bond donors (Lipinski definition) is 3. The smallest absolute Gasteiger partial charge is 0.408 e. The Bertz CT molecular complexity index is 1910. The summed E-state index contributed by atoms with van der Waals surface area (Å²) < 4.78 is 33.0. The average molecular weight is 613 g/mol. The number of pyridine rings is 1. The molecule has 0 unspecified atom stereocenters. The molecule has 2 aromatic heterocycles. The minimum atomic E-state index is -3.84. The fraction of sp³-hybridized carbons (Fsp3) is 0.182. The van der Waals surface area contributed by atoms with E-state index in [9.17, 15) is 23.1 Å². The van der Waals surface area contributed by atoms with Crippen LogP contribution in [0, 0.1) is 0 Å². The lowest BCUT2D eigenvalue weighted by Crippen LogP contribution is -2.47. The van der Waals surface area contributed by atoms with Gasteiger partial charge in [-0.3, -0.25) is 4.79 Å². The number of alkyl carbamates (subject to hydrolysis) is 1. The van der Waals surface area contributed by atoms with Crippen LogP contribution in [0.3, 0.4) is 0 Å². The molecule has 0 saturated heterocycles. The van der Waals surface area contributed by atoms with Gasteiger partial charge in [-0.05, 0) is 86.0 Å². The third-order valence-corrected chi connectivity index (χ3v) is 8.36. The van der Waals surface area contributed by atoms with Crippen molar-refractivity contribution in [2.45, 2.75) is 43.7 Å². The number of rotatable bonds is 8. The van der Waals surface area contributed by atoms with Crippen LogP contribution in [0.15, 0.2) is 108 Å². The maximum atomic E-state index is 13.3. The highest BCUT2D eigenvalue weighted by Gasteiger charge is 2.25. The second kappa shape index (κ2) is 12.2. The normalized spacial score (nSPS) is 12.4. The Morgan fingerprint density at radius 2 is 1.68 bits per heavy atom. The number of phenols is 1. The van der Waals surface area contributed by atoms with Gasteiger partial charge in [0.15, 0.2) is 5.65 Å². The number of anilines is 1. The van der Waals surface area contributed by atoms with Crippen LogP contribution < -0.4 is 10.6 Å². The third kappa shape index (κ3) is 6.90. The van der Waals surface area contributed by atoms with Gasteiger partial charge < -0.3 is 20.5 Å². The maximum absolute atomic E-state index is 13.3. The molecule has 5 aromatic rings. The van der Waals surface area contributed by atoms with E-state index in [4.69, 9.17) is 4.74 Å². The molecule has 0 aliphatic heterocycles. The lowest BCUT2D eigenvalue weighted by Gasteiger charge is -2.23. The highest BCUT2D eigenvalue weighted by molar-refractivity contribution is 7.90. The van der Waals surface area contributed by atoms with Crippen LogP contribution in [-0.4, -0.2) is 46.1 Å². The Balaban J connectivity index is 1.37. The first kappa shape index (κ1) is 30.3. The van der Waals surface area contributed by atoms with Gasteiger partial charge in [-0.1, -0.05) is 42.5 Å². The SMILES string of the molecule is CC(C)(C)OC(=O)N[C@H](Cc1cccc(O)c1)C(=O)Nc1ccc(-c2ccnc3c2ccn3S(=O)(=O)c2ccccc2)cc1. The van der Waals surface area contributed by atoms with Gasteiger partial charge in [0, 0.05) is 29.9 Å². The van der Waals surface area contributed by atoms with Gasteiger partial charge >= 0.3 is 6.09 Å². The quantitative estimate of drug-likeness (QED) is 0.204. The Hall–Kier alpha value is -5.16. The van der Waals surface area contributed by atoms with Crippen molar-refractivity contribution in [3.63, 3.8) is 0 Å². The number of nitrogens with one attached hydrogen (secondary N) is 2. The molecule has 0 aliphatic carbocycles. The first-order valence-electron chi connectivity index (χ1n) is 13.9. The number of aromatic nitrogens is 2. The third-order valence-electron chi connectivity index (χ3n) is 6.68. The van der Waals surface area contributed by atoms with E-state index in [0.29, 0.717) is 22.3 Å². The number of carbonyl (C=O) groups excluding carboxylic acids is 2. The second-order valence-electron chi connectivity index (χ2n) is 11.2. The number of ether oxygens (including phenoxy) is 1. The Morgan fingerprint density at radius 1 is 0.955 bits per heavy atom. The highest BCUT2D eigenvalue weighted by atomic mass is 32.2. The predicted octanol–water partition coefficient (Wildman–Crippen LogP) is 5.72. The standard InChI is InChI=1S/C33H32N4O6S/c1-33(2,3)43-32(40)36-29(21-22-8-7-9-25(38)20-22)31(39)35-24-14-12-23(13-15-24)27-16-18-34-30-28(27)17-19-37(30)44(41,42)26-10-5-4-6-11-26/h4-20,29,38H,21H2,1-3H3,(H,35,39)(H,36,40)/t29-/m1/s1. The summed E-state index contributed by atoms with van der Waals surface area (Å²) >= 11 is 0. The van der Waals surface area contributed by atoms with E-state index in [0.717, 1.165) is 11.1 Å². The van der Waals surface area contributed by atoms with E-state index in [-0.39, 0.29) is 17.1 Å². The van der Waals surface area contributed by atoms with Crippen LogP contribution in [0.2, 0.25) is 0 Å². The van der Waals surface area contributed by atoms with Crippen molar-refractivity contribution in [2.75, 3.05) is 5.32 Å². The summed E-state index contributed by atoms with van der Waals surface area (Å²) in [7, 11) is -3.84. The summed E-state index contributed by atoms with van der Waals surface area (Å²) in [6.07, 6.45) is 2.42. The molecule has 11 heteroatoms. The molecule has 226 valence electrons. The van der Waals surface area contributed by atoms with Gasteiger partial charge in [-0.2, -0.15) is 0 Å². The summed E-state index contributed by atoms with van der Waals surface area (Å²) in [6, 6.07) is 24.2. The summed E-state index contributed by atoms with van der Waals surface area (Å²) in [5.41, 5.74) is 2.24. The average Bonchev–Trinajstić information content (AvgIpc) is 3.42. The maximum Gasteiger partial charge on any atom is 0.408 e. The molecule has 5 rings (SSSR count). The van der Waals surface area contributed by atoms with Gasteiger partial charge in [0.25, 0.3) is 10.0 Å². The molecule has 2 amide bonds. The lowest BCUT2D eigenvalue weighted by molar-refractivity contribution is -0.118. The number of nitrogens with zero attached hydrogens (tertiary/aromatic N) is 2. The van der Waals surface area contributed by atoms with Gasteiger partial charge in [0.2, 0.25) is 5.91 Å². The number of aromatic hydroxyl groups is 1. The van der Waals surface area contributed by atoms with Gasteiger partial charge in [0.1, 0.15) is 17.4 Å². The fourth-order valence-electron chi connectivity index (χ4n) is 4.71. The van der Waals surface area contributed by atoms with Crippen molar-refractivity contribution >= 4 is 38.7 Å². The number of fused-ring (bicyclic) bond motifs is 1. The van der Waals surface area contributed by atoms with Crippen LogP contribution in [-0.2, 0) is 26.0 Å². The molecule has 10 nitrogen and oxygen atoms in total. The molecule has 0 radical (unpaired) electrons. The second-order valence-corrected chi connectivity index (χ2v) is 13.0. The van der Waals surface area contributed by atoms with E-state index >= 15 is 0 Å². The molecule has 0 saturated carbocycles. The minimum Gasteiger partial charge on any atom is -0.508 e. The molecular weight excluding hydrogens is 580 g/mol. The molecule has 44 heavy (non-hydrogen) atoms. The van der Waals surface area contributed by atoms with E-state index in [1.165, 1.54) is 34.4 Å². The van der Waals surface area contributed by atoms with Gasteiger partial charge in [-0.15, -0.1) is 0 Å². The fourth-order valence-corrected chi connectivity index (χ4v) is 6.03. The zero-order valence-electron chi connectivity index (χ0n) is 24.4. The van der Waals surface area contributed by atoms with Gasteiger partial charge in [-0.25, -0.2) is 22.2 Å². The van der Waals surface area contributed by atoms with Crippen molar-refractivity contribution in [3.8, 4) is 16.9 Å². The molecule has 0 aliphatic rings. The molecule has 1 atom stereocenters. The van der Waals surface area contributed by atoms with Crippen LogP contribution in [0.4, 0.5) is 10.5 Å². The molecule has 0 fully saturated rings. The molecule has 0 spiro atoms. The number of hydrogen-bond acceptors (Lipinski definition) is 7. The first-order chi connectivity index (χ1) is 20.9. The molecule has 3 aromatic carbocycles.